The number of rotatable bonds is 7. The minimum Gasteiger partial charge on any atom is -0.370 e. The van der Waals surface area contributed by atoms with E-state index in [0.29, 0.717) is 19.3 Å². The molecule has 21 heavy (non-hydrogen) atoms. The van der Waals surface area contributed by atoms with E-state index in [9.17, 15) is 22.8 Å². The van der Waals surface area contributed by atoms with Crippen molar-refractivity contribution in [3.63, 3.8) is 0 Å². The lowest BCUT2D eigenvalue weighted by atomic mass is 10.0. The Morgan fingerprint density at radius 3 is 2.48 bits per heavy atom. The Balaban J connectivity index is 2.63. The smallest absolute Gasteiger partial charge is 0.370 e. The van der Waals surface area contributed by atoms with Crippen molar-refractivity contribution in [2.24, 2.45) is 0 Å². The first-order valence-corrected chi connectivity index (χ1v) is 7.05. The van der Waals surface area contributed by atoms with Gasteiger partial charge in [0.15, 0.2) is 0 Å². The number of piperazine rings is 1. The number of alkyl halides is 3. The van der Waals surface area contributed by atoms with Gasteiger partial charge in [0.2, 0.25) is 11.8 Å². The van der Waals surface area contributed by atoms with Gasteiger partial charge in [-0.25, -0.2) is 0 Å². The molecule has 1 fully saturated rings. The second kappa shape index (κ2) is 7.63. The van der Waals surface area contributed by atoms with Gasteiger partial charge in [-0.3, -0.25) is 9.59 Å². The van der Waals surface area contributed by atoms with Gasteiger partial charge in [-0.2, -0.15) is 13.2 Å². The molecule has 0 aromatic rings. The monoisotopic (exact) mass is 310 g/mol. The molecule has 0 radical (unpaired) electrons. The van der Waals surface area contributed by atoms with E-state index in [0.717, 1.165) is 0 Å². The maximum absolute atomic E-state index is 12.2. The number of ether oxygens (including phenoxy) is 1. The van der Waals surface area contributed by atoms with Gasteiger partial charge in [-0.05, 0) is 12.8 Å². The Morgan fingerprint density at radius 2 is 1.95 bits per heavy atom. The number of halogens is 3. The Morgan fingerprint density at radius 1 is 1.29 bits per heavy atom. The molecule has 0 saturated carbocycles. The number of nitrogens with one attached hydrogen (secondary N) is 1. The molecule has 1 N–H and O–H groups in total. The lowest BCUT2D eigenvalue weighted by molar-refractivity contribution is -0.176. The van der Waals surface area contributed by atoms with Crippen molar-refractivity contribution in [2.45, 2.75) is 51.4 Å². The van der Waals surface area contributed by atoms with E-state index >= 15 is 0 Å². The predicted octanol–water partition coefficient (Wildman–Crippen LogP) is 1.47. The standard InChI is InChI=1S/C13H21F3N2O3/c1-3-5-10-11(19)17-9(4-2)12(20)18(10)6-7-21-8-13(14,15)16/h9-10H,3-8H2,1-2H3,(H,17,19). The number of carbonyl (C=O) groups is 2. The molecule has 0 aromatic carbocycles. The zero-order valence-electron chi connectivity index (χ0n) is 12.2. The van der Waals surface area contributed by atoms with Gasteiger partial charge in [-0.15, -0.1) is 0 Å². The molecule has 2 unspecified atom stereocenters. The Labute approximate surface area is 121 Å². The molecule has 1 aliphatic heterocycles. The first-order valence-electron chi connectivity index (χ1n) is 7.05. The second-order valence-electron chi connectivity index (χ2n) is 4.97. The van der Waals surface area contributed by atoms with Crippen LogP contribution in [0.1, 0.15) is 33.1 Å². The highest BCUT2D eigenvalue weighted by Gasteiger charge is 2.39. The summed E-state index contributed by atoms with van der Waals surface area (Å²) in [6, 6.07) is -1.23. The van der Waals surface area contributed by atoms with Crippen LogP contribution in [0.2, 0.25) is 0 Å². The van der Waals surface area contributed by atoms with Crippen LogP contribution < -0.4 is 5.32 Å². The topological polar surface area (TPSA) is 58.6 Å². The van der Waals surface area contributed by atoms with Crippen molar-refractivity contribution in [1.82, 2.24) is 10.2 Å². The highest BCUT2D eigenvalue weighted by molar-refractivity contribution is 5.96. The van der Waals surface area contributed by atoms with E-state index in [-0.39, 0.29) is 25.0 Å². The largest absolute Gasteiger partial charge is 0.411 e. The summed E-state index contributed by atoms with van der Waals surface area (Å²) in [4.78, 5) is 25.5. The summed E-state index contributed by atoms with van der Waals surface area (Å²) in [7, 11) is 0. The molecular formula is C13H21F3N2O3. The third kappa shape index (κ3) is 5.18. The van der Waals surface area contributed by atoms with Crippen LogP contribution in [0.3, 0.4) is 0 Å². The zero-order chi connectivity index (χ0) is 16.0. The van der Waals surface area contributed by atoms with E-state index < -0.39 is 24.9 Å². The number of carbonyl (C=O) groups excluding carboxylic acids is 2. The minimum absolute atomic E-state index is 0.0104. The fourth-order valence-electron chi connectivity index (χ4n) is 2.28. The molecular weight excluding hydrogens is 289 g/mol. The van der Waals surface area contributed by atoms with Gasteiger partial charge in [0.1, 0.15) is 18.7 Å². The van der Waals surface area contributed by atoms with E-state index in [1.807, 2.05) is 6.92 Å². The van der Waals surface area contributed by atoms with Crippen LogP contribution in [0.5, 0.6) is 0 Å². The summed E-state index contributed by atoms with van der Waals surface area (Å²) < 4.78 is 40.5. The molecule has 0 bridgehead atoms. The molecule has 2 amide bonds. The quantitative estimate of drug-likeness (QED) is 0.725. The van der Waals surface area contributed by atoms with Gasteiger partial charge in [0.05, 0.1) is 6.61 Å². The summed E-state index contributed by atoms with van der Waals surface area (Å²) in [5, 5.41) is 2.64. The summed E-state index contributed by atoms with van der Waals surface area (Å²) in [6.07, 6.45) is -2.77. The summed E-state index contributed by atoms with van der Waals surface area (Å²) >= 11 is 0. The number of hydrogen-bond acceptors (Lipinski definition) is 3. The van der Waals surface area contributed by atoms with Crippen molar-refractivity contribution in [1.29, 1.82) is 0 Å². The van der Waals surface area contributed by atoms with Crippen LogP contribution in [0.4, 0.5) is 13.2 Å². The van der Waals surface area contributed by atoms with Gasteiger partial charge in [0.25, 0.3) is 0 Å². The Bertz CT molecular complexity index is 374. The van der Waals surface area contributed by atoms with E-state index in [4.69, 9.17) is 0 Å². The molecule has 5 nitrogen and oxygen atoms in total. The molecule has 122 valence electrons. The average Bonchev–Trinajstić information content (AvgIpc) is 2.40. The molecule has 1 heterocycles. The predicted molar refractivity (Wildman–Crippen MR) is 69.5 cm³/mol. The van der Waals surface area contributed by atoms with Crippen molar-refractivity contribution >= 4 is 11.8 Å². The Hall–Kier alpha value is -1.31. The SMILES string of the molecule is CCCC1C(=O)NC(CC)C(=O)N1CCOCC(F)(F)F. The van der Waals surface area contributed by atoms with Crippen LogP contribution in [0.15, 0.2) is 0 Å². The van der Waals surface area contributed by atoms with Crippen molar-refractivity contribution in [3.8, 4) is 0 Å². The second-order valence-corrected chi connectivity index (χ2v) is 4.97. The number of hydrogen-bond donors (Lipinski definition) is 1. The van der Waals surface area contributed by atoms with Gasteiger partial charge in [-0.1, -0.05) is 20.3 Å². The lowest BCUT2D eigenvalue weighted by Gasteiger charge is -2.38. The van der Waals surface area contributed by atoms with Crippen LogP contribution >= 0.6 is 0 Å². The fourth-order valence-corrected chi connectivity index (χ4v) is 2.28. The summed E-state index contributed by atoms with van der Waals surface area (Å²) in [5.74, 6) is -0.509. The summed E-state index contributed by atoms with van der Waals surface area (Å²) in [6.45, 7) is 2.04. The summed E-state index contributed by atoms with van der Waals surface area (Å²) in [5.41, 5.74) is 0. The number of amides is 2. The highest BCUT2D eigenvalue weighted by atomic mass is 19.4. The van der Waals surface area contributed by atoms with Gasteiger partial charge < -0.3 is 15.0 Å². The van der Waals surface area contributed by atoms with E-state index in [1.165, 1.54) is 4.90 Å². The van der Waals surface area contributed by atoms with Crippen LogP contribution in [0, 0.1) is 0 Å². The lowest BCUT2D eigenvalue weighted by Crippen LogP contribution is -2.63. The maximum Gasteiger partial charge on any atom is 0.411 e. The molecule has 1 rings (SSSR count). The van der Waals surface area contributed by atoms with Gasteiger partial charge >= 0.3 is 6.18 Å². The first-order chi connectivity index (χ1) is 9.80. The molecule has 0 spiro atoms. The van der Waals surface area contributed by atoms with Crippen molar-refractivity contribution in [2.75, 3.05) is 19.8 Å². The normalized spacial score (nSPS) is 23.4. The molecule has 1 saturated heterocycles. The Kier molecular flexibility index (Phi) is 6.44. The van der Waals surface area contributed by atoms with E-state index in [2.05, 4.69) is 10.1 Å². The maximum atomic E-state index is 12.2. The molecule has 0 aliphatic carbocycles. The molecule has 2 atom stereocenters. The van der Waals surface area contributed by atoms with Crippen LogP contribution in [-0.2, 0) is 14.3 Å². The number of nitrogens with zero attached hydrogens (tertiary/aromatic N) is 1. The average molecular weight is 310 g/mol. The van der Waals surface area contributed by atoms with Crippen LogP contribution in [0.25, 0.3) is 0 Å². The van der Waals surface area contributed by atoms with Crippen LogP contribution in [-0.4, -0.2) is 54.7 Å². The van der Waals surface area contributed by atoms with E-state index in [1.54, 1.807) is 6.92 Å². The first kappa shape index (κ1) is 17.7. The molecule has 8 heteroatoms. The zero-order valence-corrected chi connectivity index (χ0v) is 12.2. The van der Waals surface area contributed by atoms with Crippen molar-refractivity contribution in [3.05, 3.63) is 0 Å². The third-order valence-corrected chi connectivity index (χ3v) is 3.29. The molecule has 1 aliphatic rings. The van der Waals surface area contributed by atoms with Crippen molar-refractivity contribution < 1.29 is 27.5 Å². The third-order valence-electron chi connectivity index (χ3n) is 3.29. The van der Waals surface area contributed by atoms with Gasteiger partial charge in [0, 0.05) is 6.54 Å². The highest BCUT2D eigenvalue weighted by Crippen LogP contribution is 2.17. The molecule has 0 aromatic heterocycles. The minimum atomic E-state index is -4.39. The fraction of sp³-hybridized carbons (Fsp3) is 0.846.